The first-order valence-corrected chi connectivity index (χ1v) is 8.75. The van der Waals surface area contributed by atoms with Gasteiger partial charge in [-0.05, 0) is 18.6 Å². The van der Waals surface area contributed by atoms with Crippen molar-refractivity contribution >= 4 is 28.9 Å². The van der Waals surface area contributed by atoms with Gasteiger partial charge in [-0.2, -0.15) is 4.98 Å². The van der Waals surface area contributed by atoms with Crippen LogP contribution in [0, 0.1) is 17.0 Å². The summed E-state index contributed by atoms with van der Waals surface area (Å²) < 4.78 is 46.4. The van der Waals surface area contributed by atoms with E-state index in [-0.39, 0.29) is 32.8 Å². The number of aromatic hydroxyl groups is 1. The monoisotopic (exact) mass is 480 g/mol. The highest BCUT2D eigenvalue weighted by Gasteiger charge is 2.35. The maximum absolute atomic E-state index is 12.6. The van der Waals surface area contributed by atoms with Crippen molar-refractivity contribution in [1.29, 1.82) is 0 Å². The number of hydrogen-bond donors (Lipinski definition) is 2. The Balaban J connectivity index is 2.13. The second-order valence-corrected chi connectivity index (χ2v) is 6.63. The van der Waals surface area contributed by atoms with Gasteiger partial charge in [-0.1, -0.05) is 28.4 Å². The van der Waals surface area contributed by atoms with Crippen LogP contribution < -0.4 is 4.74 Å². The summed E-state index contributed by atoms with van der Waals surface area (Å²) in [5.41, 5.74) is -0.889. The van der Waals surface area contributed by atoms with Crippen molar-refractivity contribution in [3.63, 3.8) is 0 Å². The number of halogens is 5. The summed E-state index contributed by atoms with van der Waals surface area (Å²) in [6, 6.07) is 1.37. The molecule has 15 heteroatoms. The Bertz CT molecular complexity index is 1190. The zero-order chi connectivity index (χ0) is 23.1. The highest BCUT2D eigenvalue weighted by molar-refractivity contribution is 6.35. The number of phenolic OH excluding ortho intramolecular Hbond substituents is 1. The van der Waals surface area contributed by atoms with E-state index in [0.29, 0.717) is 11.6 Å². The Kier molecular flexibility index (Phi) is 5.93. The van der Waals surface area contributed by atoms with Crippen LogP contribution in [0.3, 0.4) is 0 Å². The van der Waals surface area contributed by atoms with E-state index in [1.54, 1.807) is 0 Å². The van der Waals surface area contributed by atoms with Crippen LogP contribution in [0.5, 0.6) is 11.5 Å². The van der Waals surface area contributed by atoms with Crippen LogP contribution in [0.25, 0.3) is 22.8 Å². The average Bonchev–Trinajstić information content (AvgIpc) is 3.14. The molecule has 0 unspecified atom stereocenters. The maximum atomic E-state index is 12.6. The fraction of sp³-hybridized carbons (Fsp3) is 0.188. The smallest absolute Gasteiger partial charge is 0.500 e. The molecule has 0 atom stereocenters. The molecule has 2 N–H and O–H groups in total. The van der Waals surface area contributed by atoms with Gasteiger partial charge in [-0.15, -0.1) is 13.2 Å². The summed E-state index contributed by atoms with van der Waals surface area (Å²) in [7, 11) is 0. The van der Waals surface area contributed by atoms with Gasteiger partial charge >= 0.3 is 12.0 Å². The van der Waals surface area contributed by atoms with Crippen LogP contribution >= 0.6 is 23.2 Å². The topological polar surface area (TPSA) is 145 Å². The standard InChI is InChI=1S/C16H9Cl2F3N4O6/c1-5-10(13(18)22-7(4-26)11(5)17)14-23-15(31-24-14)6-2-8(25(28)29)12(27)9(3-6)30-16(19,20)21/h2-3,26-27H,4H2,1H3. The number of aliphatic hydroxyl groups is 1. The van der Waals surface area contributed by atoms with Gasteiger partial charge in [0.25, 0.3) is 5.89 Å². The van der Waals surface area contributed by atoms with E-state index >= 15 is 0 Å². The minimum atomic E-state index is -5.23. The van der Waals surface area contributed by atoms with Crippen LogP contribution in [0.1, 0.15) is 11.3 Å². The predicted octanol–water partition coefficient (Wildman–Crippen LogP) is 4.42. The van der Waals surface area contributed by atoms with E-state index < -0.39 is 41.0 Å². The first-order chi connectivity index (χ1) is 14.4. The molecule has 2 heterocycles. The van der Waals surface area contributed by atoms with Gasteiger partial charge in [0.2, 0.25) is 11.6 Å². The number of hydrogen-bond acceptors (Lipinski definition) is 9. The van der Waals surface area contributed by atoms with Crippen molar-refractivity contribution in [2.75, 3.05) is 0 Å². The molecule has 164 valence electrons. The number of aliphatic hydroxyl groups excluding tert-OH is 1. The Labute approximate surface area is 180 Å². The lowest BCUT2D eigenvalue weighted by molar-refractivity contribution is -0.386. The molecule has 0 amide bonds. The van der Waals surface area contributed by atoms with Crippen molar-refractivity contribution in [1.82, 2.24) is 15.1 Å². The average molecular weight is 481 g/mol. The molecule has 0 bridgehead atoms. The maximum Gasteiger partial charge on any atom is 0.573 e. The minimum Gasteiger partial charge on any atom is -0.500 e. The van der Waals surface area contributed by atoms with Gasteiger partial charge in [-0.3, -0.25) is 10.1 Å². The molecule has 31 heavy (non-hydrogen) atoms. The minimum absolute atomic E-state index is 0.0781. The van der Waals surface area contributed by atoms with E-state index in [0.717, 1.165) is 6.07 Å². The largest absolute Gasteiger partial charge is 0.573 e. The molecule has 0 aliphatic heterocycles. The second kappa shape index (κ2) is 8.17. The fourth-order valence-electron chi connectivity index (χ4n) is 2.57. The van der Waals surface area contributed by atoms with Crippen LogP contribution in [-0.4, -0.2) is 36.6 Å². The molecule has 0 radical (unpaired) electrons. The SMILES string of the molecule is Cc1c(Cl)c(CO)nc(Cl)c1-c1noc(-c2cc(OC(F)(F)F)c(O)c([N+](=O)[O-])c2)n1. The summed E-state index contributed by atoms with van der Waals surface area (Å²) in [4.78, 5) is 17.9. The number of benzene rings is 1. The van der Waals surface area contributed by atoms with Crippen LogP contribution in [0.15, 0.2) is 16.7 Å². The van der Waals surface area contributed by atoms with Gasteiger partial charge in [0, 0.05) is 6.07 Å². The molecule has 0 fully saturated rings. The van der Waals surface area contributed by atoms with E-state index in [2.05, 4.69) is 19.9 Å². The molecular weight excluding hydrogens is 472 g/mol. The van der Waals surface area contributed by atoms with Crippen LogP contribution in [0.2, 0.25) is 10.2 Å². The van der Waals surface area contributed by atoms with Gasteiger partial charge < -0.3 is 19.5 Å². The molecule has 0 aliphatic carbocycles. The lowest BCUT2D eigenvalue weighted by atomic mass is 10.1. The molecule has 3 aromatic rings. The first kappa shape index (κ1) is 22.5. The normalized spacial score (nSPS) is 11.6. The van der Waals surface area contributed by atoms with Crippen LogP contribution in [-0.2, 0) is 6.61 Å². The van der Waals surface area contributed by atoms with Crippen LogP contribution in [0.4, 0.5) is 18.9 Å². The van der Waals surface area contributed by atoms with Crippen molar-refractivity contribution in [3.8, 4) is 34.3 Å². The highest BCUT2D eigenvalue weighted by Crippen LogP contribution is 2.42. The molecule has 3 rings (SSSR count). The Morgan fingerprint density at radius 1 is 1.29 bits per heavy atom. The molecule has 1 aromatic carbocycles. The number of pyridine rings is 1. The Morgan fingerprint density at radius 2 is 1.97 bits per heavy atom. The zero-order valence-corrected chi connectivity index (χ0v) is 16.6. The number of rotatable bonds is 5. The molecule has 0 saturated heterocycles. The number of alkyl halides is 3. The number of nitrogens with zero attached hydrogens (tertiary/aromatic N) is 4. The first-order valence-electron chi connectivity index (χ1n) is 7.99. The van der Waals surface area contributed by atoms with Gasteiger partial charge in [0.15, 0.2) is 5.75 Å². The lowest BCUT2D eigenvalue weighted by Crippen LogP contribution is -2.17. The second-order valence-electron chi connectivity index (χ2n) is 5.89. The molecule has 0 saturated carbocycles. The summed E-state index contributed by atoms with van der Waals surface area (Å²) in [5.74, 6) is -3.18. The van der Waals surface area contributed by atoms with E-state index in [1.807, 2.05) is 0 Å². The third-order valence-corrected chi connectivity index (χ3v) is 4.70. The Morgan fingerprint density at radius 3 is 2.55 bits per heavy atom. The van der Waals surface area contributed by atoms with Crippen molar-refractivity contribution < 1.29 is 37.6 Å². The number of nitro benzene ring substituents is 1. The molecule has 0 aliphatic rings. The summed E-state index contributed by atoms with van der Waals surface area (Å²) in [6.45, 7) is 1.04. The van der Waals surface area contributed by atoms with Crippen molar-refractivity contribution in [2.24, 2.45) is 0 Å². The number of nitro groups is 1. The third-order valence-electron chi connectivity index (χ3n) is 3.92. The quantitative estimate of drug-likeness (QED) is 0.307. The molecular formula is C16H9Cl2F3N4O6. The van der Waals surface area contributed by atoms with E-state index in [1.165, 1.54) is 6.92 Å². The Hall–Kier alpha value is -3.16. The van der Waals surface area contributed by atoms with Gasteiger partial charge in [-0.25, -0.2) is 4.98 Å². The molecule has 0 spiro atoms. The van der Waals surface area contributed by atoms with E-state index in [9.17, 15) is 33.5 Å². The van der Waals surface area contributed by atoms with Gasteiger partial charge in [0.1, 0.15) is 5.15 Å². The lowest BCUT2D eigenvalue weighted by Gasteiger charge is -2.11. The third kappa shape index (κ3) is 4.47. The van der Waals surface area contributed by atoms with Crippen molar-refractivity contribution in [2.45, 2.75) is 19.9 Å². The van der Waals surface area contributed by atoms with Crippen molar-refractivity contribution in [3.05, 3.63) is 43.7 Å². The number of aromatic nitrogens is 3. The fourth-order valence-corrected chi connectivity index (χ4v) is 3.09. The number of ether oxygens (including phenoxy) is 1. The molecule has 2 aromatic heterocycles. The van der Waals surface area contributed by atoms with E-state index in [4.69, 9.17) is 27.7 Å². The number of phenols is 1. The highest BCUT2D eigenvalue weighted by atomic mass is 35.5. The molecule has 10 nitrogen and oxygen atoms in total. The predicted molar refractivity (Wildman–Crippen MR) is 98.6 cm³/mol. The summed E-state index contributed by atoms with van der Waals surface area (Å²) >= 11 is 12.2. The summed E-state index contributed by atoms with van der Waals surface area (Å²) in [6.07, 6.45) is -5.23. The van der Waals surface area contributed by atoms with Gasteiger partial charge in [0.05, 0.1) is 33.4 Å². The summed E-state index contributed by atoms with van der Waals surface area (Å²) in [5, 5.41) is 33.7. The zero-order valence-electron chi connectivity index (χ0n) is 15.1.